The number of amides is 2. The van der Waals surface area contributed by atoms with Gasteiger partial charge in [-0.15, -0.1) is 0 Å². The molecule has 9 heteroatoms. The van der Waals surface area contributed by atoms with E-state index >= 15 is 0 Å². The van der Waals surface area contributed by atoms with Gasteiger partial charge in [-0.2, -0.15) is 0 Å². The number of fused-ring (bicyclic) bond motifs is 1. The van der Waals surface area contributed by atoms with Gasteiger partial charge < -0.3 is 16.2 Å². The second-order valence-electron chi connectivity index (χ2n) is 5.21. The summed E-state index contributed by atoms with van der Waals surface area (Å²) in [6.45, 7) is 1.84. The normalized spacial score (nSPS) is 12.1. The fraction of sp³-hybridized carbons (Fsp3) is 0.333. The van der Waals surface area contributed by atoms with Crippen LogP contribution >= 0.6 is 11.6 Å². The van der Waals surface area contributed by atoms with Gasteiger partial charge in [-0.1, -0.05) is 18.5 Å². The van der Waals surface area contributed by atoms with Gasteiger partial charge in [0.2, 0.25) is 5.91 Å². The third kappa shape index (κ3) is 3.83. The molecule has 2 rings (SSSR count). The Hall–Kier alpha value is -2.61. The van der Waals surface area contributed by atoms with Crippen molar-refractivity contribution in [2.75, 3.05) is 0 Å². The van der Waals surface area contributed by atoms with Crippen LogP contribution in [-0.4, -0.2) is 38.3 Å². The minimum atomic E-state index is -1.24. The SMILES string of the molecule is CCc1nc2ccc(Cl)cn2c1C(=O)NC(CCC(N)=O)C(=O)O. The van der Waals surface area contributed by atoms with E-state index in [1.54, 1.807) is 12.1 Å². The number of nitrogens with two attached hydrogens (primary N) is 1. The van der Waals surface area contributed by atoms with Gasteiger partial charge in [-0.25, -0.2) is 9.78 Å². The highest BCUT2D eigenvalue weighted by molar-refractivity contribution is 6.30. The lowest BCUT2D eigenvalue weighted by molar-refractivity contribution is -0.139. The number of imidazole rings is 1. The minimum absolute atomic E-state index is 0.0879. The van der Waals surface area contributed by atoms with Gasteiger partial charge in [0.1, 0.15) is 17.4 Å². The number of nitrogens with zero attached hydrogens (tertiary/aromatic N) is 2. The average Bonchev–Trinajstić information content (AvgIpc) is 2.88. The number of rotatable bonds is 7. The second-order valence-corrected chi connectivity index (χ2v) is 5.64. The van der Waals surface area contributed by atoms with E-state index in [0.717, 1.165) is 0 Å². The molecule has 1 atom stereocenters. The minimum Gasteiger partial charge on any atom is -0.480 e. The Balaban J connectivity index is 2.34. The number of carbonyl (C=O) groups is 3. The zero-order chi connectivity index (χ0) is 17.9. The summed E-state index contributed by atoms with van der Waals surface area (Å²) in [5.74, 6) is -2.47. The van der Waals surface area contributed by atoms with Gasteiger partial charge in [0, 0.05) is 12.6 Å². The van der Waals surface area contributed by atoms with E-state index in [0.29, 0.717) is 22.8 Å². The molecule has 0 aromatic carbocycles. The fourth-order valence-electron chi connectivity index (χ4n) is 2.32. The van der Waals surface area contributed by atoms with E-state index in [9.17, 15) is 19.5 Å². The molecule has 4 N–H and O–H groups in total. The van der Waals surface area contributed by atoms with E-state index in [2.05, 4.69) is 10.3 Å². The van der Waals surface area contributed by atoms with Crippen LogP contribution in [0, 0.1) is 0 Å². The summed E-state index contributed by atoms with van der Waals surface area (Å²) in [7, 11) is 0. The third-order valence-corrected chi connectivity index (χ3v) is 3.71. The standard InChI is InChI=1S/C15H17ClN4O4/c1-2-9-13(20-7-8(16)3-6-12(20)18-9)14(22)19-10(15(23)24)4-5-11(17)21/h3,6-7,10H,2,4-5H2,1H3,(H2,17,21)(H,19,22)(H,23,24). The summed E-state index contributed by atoms with van der Waals surface area (Å²) < 4.78 is 1.52. The Morgan fingerprint density at radius 2 is 2.12 bits per heavy atom. The van der Waals surface area contributed by atoms with Gasteiger partial charge in [0.05, 0.1) is 10.7 Å². The molecule has 2 aromatic rings. The number of carbonyl (C=O) groups excluding carboxylic acids is 2. The summed E-state index contributed by atoms with van der Waals surface area (Å²) in [5, 5.41) is 12.0. The van der Waals surface area contributed by atoms with E-state index < -0.39 is 23.8 Å². The molecule has 0 aliphatic rings. The monoisotopic (exact) mass is 352 g/mol. The van der Waals surface area contributed by atoms with Crippen molar-refractivity contribution in [1.29, 1.82) is 0 Å². The van der Waals surface area contributed by atoms with Crippen molar-refractivity contribution in [1.82, 2.24) is 14.7 Å². The molecule has 128 valence electrons. The Kier molecular flexibility index (Phi) is 5.40. The molecule has 0 aliphatic heterocycles. The first-order chi connectivity index (χ1) is 11.3. The van der Waals surface area contributed by atoms with Crippen LogP contribution < -0.4 is 11.1 Å². The lowest BCUT2D eigenvalue weighted by atomic mass is 10.1. The first-order valence-electron chi connectivity index (χ1n) is 7.32. The van der Waals surface area contributed by atoms with Crippen LogP contribution in [0.1, 0.15) is 35.9 Å². The summed E-state index contributed by atoms with van der Waals surface area (Å²) in [6, 6.07) is 2.09. The lowest BCUT2D eigenvalue weighted by Crippen LogP contribution is -2.42. The van der Waals surface area contributed by atoms with Gasteiger partial charge in [0.25, 0.3) is 5.91 Å². The molecule has 8 nitrogen and oxygen atoms in total. The van der Waals surface area contributed by atoms with Crippen molar-refractivity contribution in [3.63, 3.8) is 0 Å². The maximum Gasteiger partial charge on any atom is 0.326 e. The number of aryl methyl sites for hydroxylation is 1. The van der Waals surface area contributed by atoms with Crippen molar-refractivity contribution in [2.24, 2.45) is 5.73 Å². The number of primary amides is 1. The van der Waals surface area contributed by atoms with Crippen molar-refractivity contribution >= 4 is 35.0 Å². The van der Waals surface area contributed by atoms with Crippen LogP contribution in [0.4, 0.5) is 0 Å². The Bertz CT molecular complexity index is 802. The molecule has 2 amide bonds. The summed E-state index contributed by atoms with van der Waals surface area (Å²) in [6.07, 6.45) is 1.80. The van der Waals surface area contributed by atoms with Gasteiger partial charge in [0.15, 0.2) is 0 Å². The Labute approximate surface area is 142 Å². The molecule has 0 saturated heterocycles. The molecule has 1 unspecified atom stereocenters. The molecule has 0 saturated carbocycles. The molecule has 0 bridgehead atoms. The molecule has 0 fully saturated rings. The fourth-order valence-corrected chi connectivity index (χ4v) is 2.49. The summed E-state index contributed by atoms with van der Waals surface area (Å²) in [4.78, 5) is 39.0. The van der Waals surface area contributed by atoms with E-state index in [-0.39, 0.29) is 18.5 Å². The number of nitrogens with one attached hydrogen (secondary N) is 1. The first kappa shape index (κ1) is 17.7. The second kappa shape index (κ2) is 7.31. The molecular weight excluding hydrogens is 336 g/mol. The molecule has 2 heterocycles. The quantitative estimate of drug-likeness (QED) is 0.685. The Morgan fingerprint density at radius 1 is 1.42 bits per heavy atom. The predicted molar refractivity (Wildman–Crippen MR) is 86.9 cm³/mol. The number of carboxylic acids is 1. The number of hydrogen-bond acceptors (Lipinski definition) is 4. The number of hydrogen-bond donors (Lipinski definition) is 3. The van der Waals surface area contributed by atoms with Crippen molar-refractivity contribution in [3.05, 3.63) is 34.7 Å². The molecule has 0 spiro atoms. The van der Waals surface area contributed by atoms with Crippen molar-refractivity contribution < 1.29 is 19.5 Å². The Morgan fingerprint density at radius 3 is 2.71 bits per heavy atom. The van der Waals surface area contributed by atoms with E-state index in [4.69, 9.17) is 17.3 Å². The topological polar surface area (TPSA) is 127 Å². The predicted octanol–water partition coefficient (Wildman–Crippen LogP) is 0.999. The average molecular weight is 353 g/mol. The first-order valence-corrected chi connectivity index (χ1v) is 7.69. The zero-order valence-electron chi connectivity index (χ0n) is 13.0. The summed E-state index contributed by atoms with van der Waals surface area (Å²) >= 11 is 5.96. The van der Waals surface area contributed by atoms with Crippen LogP contribution in [0.2, 0.25) is 5.02 Å². The maximum atomic E-state index is 12.6. The lowest BCUT2D eigenvalue weighted by Gasteiger charge is -2.14. The highest BCUT2D eigenvalue weighted by Gasteiger charge is 2.25. The van der Waals surface area contributed by atoms with Crippen LogP contribution in [0.15, 0.2) is 18.3 Å². The number of aromatic nitrogens is 2. The van der Waals surface area contributed by atoms with E-state index in [1.807, 2.05) is 6.92 Å². The smallest absolute Gasteiger partial charge is 0.326 e. The van der Waals surface area contributed by atoms with E-state index in [1.165, 1.54) is 10.6 Å². The molecule has 0 aliphatic carbocycles. The van der Waals surface area contributed by atoms with Crippen LogP contribution in [0.3, 0.4) is 0 Å². The molecule has 0 radical (unpaired) electrons. The molecular formula is C15H17ClN4O4. The zero-order valence-corrected chi connectivity index (χ0v) is 13.7. The van der Waals surface area contributed by atoms with Crippen LogP contribution in [-0.2, 0) is 16.0 Å². The molecule has 24 heavy (non-hydrogen) atoms. The molecule has 2 aromatic heterocycles. The number of halogens is 1. The third-order valence-electron chi connectivity index (χ3n) is 3.49. The summed E-state index contributed by atoms with van der Waals surface area (Å²) in [5.41, 5.74) is 6.31. The number of pyridine rings is 1. The van der Waals surface area contributed by atoms with Gasteiger partial charge in [-0.05, 0) is 25.0 Å². The largest absolute Gasteiger partial charge is 0.480 e. The van der Waals surface area contributed by atoms with Gasteiger partial charge >= 0.3 is 5.97 Å². The number of carboxylic acid groups (broad SMARTS) is 1. The van der Waals surface area contributed by atoms with Crippen LogP contribution in [0.5, 0.6) is 0 Å². The maximum absolute atomic E-state index is 12.6. The highest BCUT2D eigenvalue weighted by atomic mass is 35.5. The van der Waals surface area contributed by atoms with Crippen LogP contribution in [0.25, 0.3) is 5.65 Å². The highest BCUT2D eigenvalue weighted by Crippen LogP contribution is 2.17. The van der Waals surface area contributed by atoms with Gasteiger partial charge in [-0.3, -0.25) is 14.0 Å². The van der Waals surface area contributed by atoms with Crippen molar-refractivity contribution in [3.8, 4) is 0 Å². The number of aliphatic carboxylic acids is 1. The van der Waals surface area contributed by atoms with Crippen molar-refractivity contribution in [2.45, 2.75) is 32.2 Å².